The Morgan fingerprint density at radius 2 is 2.17 bits per heavy atom. The number of halogens is 1. The van der Waals surface area contributed by atoms with Gasteiger partial charge in [-0.1, -0.05) is 11.2 Å². The average Bonchev–Trinajstić information content (AvgIpc) is 3.06. The van der Waals surface area contributed by atoms with Gasteiger partial charge in [0.25, 0.3) is 5.89 Å². The molecule has 0 saturated carbocycles. The third-order valence-corrected chi connectivity index (χ3v) is 4.18. The second-order valence-corrected chi connectivity index (χ2v) is 6.11. The third-order valence-electron chi connectivity index (χ3n) is 4.18. The Labute approximate surface area is 139 Å². The van der Waals surface area contributed by atoms with Crippen molar-refractivity contribution in [3.05, 3.63) is 35.5 Å². The molecule has 1 N–H and O–H groups in total. The zero-order chi connectivity index (χ0) is 17.0. The summed E-state index contributed by atoms with van der Waals surface area (Å²) in [5, 5.41) is 10.5. The molecule has 0 radical (unpaired) electrons. The standard InChI is InChI=1S/C16H20FN5O2/c1-12-2-3-13(19-8-12)9-18-11-16(17)4-6-22(7-5-16)15-21-20-14(10-23)24-15/h2-3,8,10,18H,4-7,9,11H2,1H3. The highest BCUT2D eigenvalue weighted by Crippen LogP contribution is 2.28. The molecule has 0 aromatic carbocycles. The Hall–Kier alpha value is -2.35. The van der Waals surface area contributed by atoms with Crippen LogP contribution in [0.4, 0.5) is 10.4 Å². The average molecular weight is 333 g/mol. The van der Waals surface area contributed by atoms with Crippen molar-refractivity contribution in [1.82, 2.24) is 20.5 Å². The van der Waals surface area contributed by atoms with Crippen molar-refractivity contribution in [2.75, 3.05) is 24.5 Å². The van der Waals surface area contributed by atoms with Gasteiger partial charge >= 0.3 is 6.01 Å². The van der Waals surface area contributed by atoms with E-state index in [2.05, 4.69) is 20.5 Å². The summed E-state index contributed by atoms with van der Waals surface area (Å²) in [7, 11) is 0. The van der Waals surface area contributed by atoms with Gasteiger partial charge in [-0.05, 0) is 18.6 Å². The zero-order valence-corrected chi connectivity index (χ0v) is 13.5. The first-order valence-corrected chi connectivity index (χ1v) is 7.93. The highest BCUT2D eigenvalue weighted by molar-refractivity contribution is 5.67. The number of hydrogen-bond acceptors (Lipinski definition) is 7. The first kappa shape index (κ1) is 16.5. The summed E-state index contributed by atoms with van der Waals surface area (Å²) in [5.74, 6) is -0.0608. The Morgan fingerprint density at radius 1 is 1.38 bits per heavy atom. The van der Waals surface area contributed by atoms with Crippen LogP contribution in [0.1, 0.15) is 34.8 Å². The number of pyridine rings is 1. The Bertz CT molecular complexity index is 680. The van der Waals surface area contributed by atoms with Crippen molar-refractivity contribution >= 4 is 12.3 Å². The van der Waals surface area contributed by atoms with Crippen molar-refractivity contribution in [2.45, 2.75) is 32.0 Å². The van der Waals surface area contributed by atoms with E-state index in [0.717, 1.165) is 11.3 Å². The van der Waals surface area contributed by atoms with Crippen LogP contribution in [0.2, 0.25) is 0 Å². The van der Waals surface area contributed by atoms with Gasteiger partial charge in [0.2, 0.25) is 6.29 Å². The van der Waals surface area contributed by atoms with Gasteiger partial charge in [-0.15, -0.1) is 5.10 Å². The Morgan fingerprint density at radius 3 is 2.79 bits per heavy atom. The number of anilines is 1. The lowest BCUT2D eigenvalue weighted by molar-refractivity contribution is 0.109. The van der Waals surface area contributed by atoms with Crippen LogP contribution in [0.3, 0.4) is 0 Å². The number of alkyl halides is 1. The van der Waals surface area contributed by atoms with Crippen LogP contribution < -0.4 is 10.2 Å². The van der Waals surface area contributed by atoms with Crippen molar-refractivity contribution in [3.63, 3.8) is 0 Å². The lowest BCUT2D eigenvalue weighted by Gasteiger charge is -2.35. The van der Waals surface area contributed by atoms with Gasteiger partial charge in [0.05, 0.1) is 5.69 Å². The van der Waals surface area contributed by atoms with Crippen LogP contribution in [0.25, 0.3) is 0 Å². The first-order valence-electron chi connectivity index (χ1n) is 7.93. The number of carbonyl (C=O) groups excluding carboxylic acids is 1. The maximum absolute atomic E-state index is 14.9. The molecule has 1 aliphatic heterocycles. The summed E-state index contributed by atoms with van der Waals surface area (Å²) in [4.78, 5) is 16.7. The molecule has 0 aliphatic carbocycles. The summed E-state index contributed by atoms with van der Waals surface area (Å²) < 4.78 is 20.0. The molecule has 3 rings (SSSR count). The van der Waals surface area contributed by atoms with Gasteiger partial charge in [0.1, 0.15) is 5.67 Å². The lowest BCUT2D eigenvalue weighted by atomic mass is 9.93. The van der Waals surface area contributed by atoms with Crippen LogP contribution in [0.15, 0.2) is 22.7 Å². The van der Waals surface area contributed by atoms with E-state index < -0.39 is 5.67 Å². The van der Waals surface area contributed by atoms with E-state index in [1.54, 1.807) is 11.1 Å². The number of piperidine rings is 1. The fourth-order valence-electron chi connectivity index (χ4n) is 2.69. The highest BCUT2D eigenvalue weighted by atomic mass is 19.1. The number of aromatic nitrogens is 3. The Kier molecular flexibility index (Phi) is 4.84. The normalized spacial score (nSPS) is 17.0. The fraction of sp³-hybridized carbons (Fsp3) is 0.500. The molecule has 7 nitrogen and oxygen atoms in total. The summed E-state index contributed by atoms with van der Waals surface area (Å²) in [6, 6.07) is 4.21. The number of nitrogens with zero attached hydrogens (tertiary/aromatic N) is 4. The van der Waals surface area contributed by atoms with E-state index in [9.17, 15) is 9.18 Å². The predicted molar refractivity (Wildman–Crippen MR) is 85.7 cm³/mol. The van der Waals surface area contributed by atoms with E-state index in [4.69, 9.17) is 4.42 Å². The van der Waals surface area contributed by atoms with E-state index in [1.807, 2.05) is 19.1 Å². The summed E-state index contributed by atoms with van der Waals surface area (Å²) in [6.45, 7) is 3.75. The van der Waals surface area contributed by atoms with Crippen LogP contribution in [0.5, 0.6) is 0 Å². The predicted octanol–water partition coefficient (Wildman–Crippen LogP) is 1.68. The van der Waals surface area contributed by atoms with Crippen LogP contribution in [-0.4, -0.2) is 46.8 Å². The van der Waals surface area contributed by atoms with E-state index in [1.165, 1.54) is 0 Å². The summed E-state index contributed by atoms with van der Waals surface area (Å²) in [5.41, 5.74) is 0.732. The maximum atomic E-state index is 14.9. The smallest absolute Gasteiger partial charge is 0.318 e. The molecule has 0 bridgehead atoms. The second-order valence-electron chi connectivity index (χ2n) is 6.11. The number of carbonyl (C=O) groups is 1. The minimum Gasteiger partial charge on any atom is -0.400 e. The number of rotatable bonds is 6. The molecule has 3 heterocycles. The molecule has 2 aromatic rings. The third kappa shape index (κ3) is 3.94. The van der Waals surface area contributed by atoms with Crippen LogP contribution >= 0.6 is 0 Å². The molecule has 0 unspecified atom stereocenters. The van der Waals surface area contributed by atoms with Crippen molar-refractivity contribution in [3.8, 4) is 0 Å². The molecule has 128 valence electrons. The van der Waals surface area contributed by atoms with E-state index in [0.29, 0.717) is 38.8 Å². The SMILES string of the molecule is Cc1ccc(CNCC2(F)CCN(c3nnc(C=O)o3)CC2)nc1. The topological polar surface area (TPSA) is 84.1 Å². The summed E-state index contributed by atoms with van der Waals surface area (Å²) >= 11 is 0. The molecule has 24 heavy (non-hydrogen) atoms. The van der Waals surface area contributed by atoms with Gasteiger partial charge in [0.15, 0.2) is 0 Å². The minimum absolute atomic E-state index is 0.0608. The van der Waals surface area contributed by atoms with Gasteiger partial charge in [-0.3, -0.25) is 9.78 Å². The van der Waals surface area contributed by atoms with Crippen molar-refractivity contribution in [1.29, 1.82) is 0 Å². The van der Waals surface area contributed by atoms with E-state index in [-0.39, 0.29) is 18.5 Å². The van der Waals surface area contributed by atoms with Gasteiger partial charge in [-0.25, -0.2) is 4.39 Å². The molecule has 2 aromatic heterocycles. The monoisotopic (exact) mass is 333 g/mol. The fourth-order valence-corrected chi connectivity index (χ4v) is 2.69. The van der Waals surface area contributed by atoms with Crippen molar-refractivity contribution < 1.29 is 13.6 Å². The molecule has 0 amide bonds. The lowest BCUT2D eigenvalue weighted by Crippen LogP contribution is -2.47. The zero-order valence-electron chi connectivity index (χ0n) is 13.5. The molecular weight excluding hydrogens is 313 g/mol. The number of aryl methyl sites for hydroxylation is 1. The molecule has 0 spiro atoms. The quantitative estimate of drug-likeness (QED) is 0.805. The first-order chi connectivity index (χ1) is 11.6. The van der Waals surface area contributed by atoms with Gasteiger partial charge < -0.3 is 14.6 Å². The number of hydrogen-bond donors (Lipinski definition) is 1. The molecule has 1 aliphatic rings. The minimum atomic E-state index is -1.27. The van der Waals surface area contributed by atoms with Gasteiger partial charge in [0, 0.05) is 45.2 Å². The van der Waals surface area contributed by atoms with Crippen LogP contribution in [-0.2, 0) is 6.54 Å². The van der Waals surface area contributed by atoms with Crippen molar-refractivity contribution in [2.24, 2.45) is 0 Å². The molecular formula is C16H20FN5O2. The molecule has 1 saturated heterocycles. The summed E-state index contributed by atoms with van der Waals surface area (Å²) in [6.07, 6.45) is 3.03. The second kappa shape index (κ2) is 7.04. The number of aldehydes is 1. The van der Waals surface area contributed by atoms with E-state index >= 15 is 0 Å². The highest BCUT2D eigenvalue weighted by Gasteiger charge is 2.35. The molecule has 1 fully saturated rings. The Balaban J connectivity index is 1.47. The number of nitrogens with one attached hydrogen (secondary N) is 1. The molecule has 8 heteroatoms. The largest absolute Gasteiger partial charge is 0.400 e. The van der Waals surface area contributed by atoms with Crippen LogP contribution in [0, 0.1) is 6.92 Å². The maximum Gasteiger partial charge on any atom is 0.318 e. The molecule has 0 atom stereocenters. The van der Waals surface area contributed by atoms with Gasteiger partial charge in [-0.2, -0.15) is 0 Å².